The minimum absolute atomic E-state index is 0.317. The fraction of sp³-hybridized carbons (Fsp3) is 0. The number of hydrogen-bond donors (Lipinski definition) is 1. The number of rotatable bonds is 3. The van der Waals surface area contributed by atoms with E-state index in [1.54, 1.807) is 42.5 Å². The summed E-state index contributed by atoms with van der Waals surface area (Å²) >= 11 is 11.7. The molecule has 24 heavy (non-hydrogen) atoms. The van der Waals surface area contributed by atoms with Crippen LogP contribution in [-0.4, -0.2) is 13.4 Å². The number of H-pyrrole nitrogens is 1. The van der Waals surface area contributed by atoms with Gasteiger partial charge in [-0.15, -0.1) is 0 Å². The van der Waals surface area contributed by atoms with Gasteiger partial charge >= 0.3 is 0 Å². The third-order valence-electron chi connectivity index (χ3n) is 3.39. The van der Waals surface area contributed by atoms with Crippen molar-refractivity contribution < 1.29 is 8.42 Å². The van der Waals surface area contributed by atoms with Crippen LogP contribution in [0.4, 0.5) is 0 Å². The van der Waals surface area contributed by atoms with Crippen LogP contribution in [0.25, 0.3) is 17.0 Å². The molecule has 0 aliphatic carbocycles. The maximum Gasteiger partial charge on any atom is 0.267 e. The largest absolute Gasteiger partial charge is 0.321 e. The minimum atomic E-state index is -3.89. The number of aromatic nitrogens is 1. The van der Waals surface area contributed by atoms with Crippen molar-refractivity contribution in [1.82, 2.24) is 4.98 Å². The monoisotopic (exact) mass is 379 g/mol. The molecule has 2 aromatic carbocycles. The van der Waals surface area contributed by atoms with E-state index in [2.05, 4.69) is 4.98 Å². The molecule has 0 saturated heterocycles. The quantitative estimate of drug-likeness (QED) is 0.738. The van der Waals surface area contributed by atoms with Crippen molar-refractivity contribution in [3.05, 3.63) is 79.9 Å². The van der Waals surface area contributed by atoms with Gasteiger partial charge in [0, 0.05) is 21.0 Å². The molecule has 1 aromatic heterocycles. The smallest absolute Gasteiger partial charge is 0.267 e. The predicted molar refractivity (Wildman–Crippen MR) is 97.3 cm³/mol. The third kappa shape index (κ3) is 3.53. The van der Waals surface area contributed by atoms with Gasteiger partial charge < -0.3 is 4.98 Å². The average molecular weight is 380 g/mol. The van der Waals surface area contributed by atoms with Crippen molar-refractivity contribution >= 4 is 50.0 Å². The van der Waals surface area contributed by atoms with E-state index in [9.17, 15) is 13.2 Å². The van der Waals surface area contributed by atoms with E-state index in [0.29, 0.717) is 26.5 Å². The first-order valence-electron chi connectivity index (χ1n) is 6.86. The molecule has 0 radical (unpaired) electrons. The highest BCUT2D eigenvalue weighted by Gasteiger charge is 2.16. The number of pyridine rings is 1. The van der Waals surface area contributed by atoms with Crippen molar-refractivity contribution in [2.45, 2.75) is 4.90 Å². The topological polar surface area (TPSA) is 67.0 Å². The second-order valence-corrected chi connectivity index (χ2v) is 7.77. The Morgan fingerprint density at radius 3 is 2.29 bits per heavy atom. The highest BCUT2D eigenvalue weighted by molar-refractivity contribution is 7.94. The molecule has 0 aliphatic heterocycles. The maximum atomic E-state index is 12.4. The normalized spacial score (nSPS) is 12.1. The van der Waals surface area contributed by atoms with Gasteiger partial charge in [-0.25, -0.2) is 8.42 Å². The van der Waals surface area contributed by atoms with Crippen LogP contribution >= 0.6 is 23.2 Å². The van der Waals surface area contributed by atoms with Crippen LogP contribution in [0.3, 0.4) is 0 Å². The van der Waals surface area contributed by atoms with E-state index < -0.39 is 15.4 Å². The SMILES string of the molecule is O=c1[nH]c2cc(Cl)ccc2cc1S(=O)(=O)C=Cc1ccc(Cl)cc1. The first-order valence-corrected chi connectivity index (χ1v) is 9.17. The lowest BCUT2D eigenvalue weighted by Gasteiger charge is -2.03. The number of aromatic amines is 1. The molecule has 122 valence electrons. The number of fused-ring (bicyclic) bond motifs is 1. The molecule has 0 saturated carbocycles. The molecular formula is C17H11Cl2NO3S. The van der Waals surface area contributed by atoms with Crippen LogP contribution < -0.4 is 5.56 Å². The van der Waals surface area contributed by atoms with Gasteiger partial charge in [0.15, 0.2) is 0 Å². The molecule has 4 nitrogen and oxygen atoms in total. The minimum Gasteiger partial charge on any atom is -0.321 e. The van der Waals surface area contributed by atoms with Gasteiger partial charge in [0.2, 0.25) is 9.84 Å². The zero-order chi connectivity index (χ0) is 17.3. The maximum absolute atomic E-state index is 12.4. The van der Waals surface area contributed by atoms with Crippen LogP contribution in [0, 0.1) is 0 Å². The molecule has 0 spiro atoms. The molecular weight excluding hydrogens is 369 g/mol. The Morgan fingerprint density at radius 2 is 1.58 bits per heavy atom. The van der Waals surface area contributed by atoms with Crippen LogP contribution in [0.1, 0.15) is 5.56 Å². The molecule has 1 N–H and O–H groups in total. The van der Waals surface area contributed by atoms with Gasteiger partial charge in [0.25, 0.3) is 5.56 Å². The Labute approximate surface area is 148 Å². The molecule has 3 rings (SSSR count). The lowest BCUT2D eigenvalue weighted by Crippen LogP contribution is -2.15. The Balaban J connectivity index is 2.04. The number of sulfone groups is 1. The molecule has 0 unspecified atom stereocenters. The van der Waals surface area contributed by atoms with Crippen molar-refractivity contribution in [3.8, 4) is 0 Å². The summed E-state index contributed by atoms with van der Waals surface area (Å²) in [6, 6.07) is 12.9. The van der Waals surface area contributed by atoms with Crippen molar-refractivity contribution in [2.75, 3.05) is 0 Å². The number of benzene rings is 2. The summed E-state index contributed by atoms with van der Waals surface area (Å²) in [4.78, 5) is 14.3. The van der Waals surface area contributed by atoms with Crippen LogP contribution in [0.15, 0.2) is 63.6 Å². The van der Waals surface area contributed by atoms with E-state index in [1.165, 1.54) is 12.1 Å². The van der Waals surface area contributed by atoms with Crippen molar-refractivity contribution in [2.24, 2.45) is 0 Å². The summed E-state index contributed by atoms with van der Waals surface area (Å²) in [5.74, 6) is 0. The van der Waals surface area contributed by atoms with Crippen LogP contribution in [-0.2, 0) is 9.84 Å². The van der Waals surface area contributed by atoms with E-state index in [-0.39, 0.29) is 4.90 Å². The molecule has 0 aliphatic rings. The first-order chi connectivity index (χ1) is 11.3. The zero-order valence-electron chi connectivity index (χ0n) is 12.2. The fourth-order valence-electron chi connectivity index (χ4n) is 2.18. The molecule has 0 amide bonds. The van der Waals surface area contributed by atoms with Gasteiger partial charge in [-0.05, 0) is 47.4 Å². The highest BCUT2D eigenvalue weighted by atomic mass is 35.5. The molecule has 3 aromatic rings. The first kappa shape index (κ1) is 16.8. The predicted octanol–water partition coefficient (Wildman–Crippen LogP) is 4.28. The van der Waals surface area contributed by atoms with Gasteiger partial charge in [-0.1, -0.05) is 41.4 Å². The van der Waals surface area contributed by atoms with Crippen LogP contribution in [0.2, 0.25) is 10.0 Å². The second kappa shape index (κ2) is 6.43. The molecule has 0 bridgehead atoms. The summed E-state index contributed by atoms with van der Waals surface area (Å²) in [6.45, 7) is 0. The van der Waals surface area contributed by atoms with Crippen LogP contribution in [0.5, 0.6) is 0 Å². The second-order valence-electron chi connectivity index (χ2n) is 5.09. The van der Waals surface area contributed by atoms with Gasteiger partial charge in [0.05, 0.1) is 0 Å². The third-order valence-corrected chi connectivity index (χ3v) is 5.29. The lowest BCUT2D eigenvalue weighted by molar-refractivity contribution is 0.603. The Kier molecular flexibility index (Phi) is 4.49. The standard InChI is InChI=1S/C17H11Cl2NO3S/c18-13-4-1-11(2-5-13)7-8-24(22,23)16-9-12-3-6-14(19)10-15(12)20-17(16)21/h1-10H,(H,20,21). The van der Waals surface area contributed by atoms with E-state index in [0.717, 1.165) is 5.41 Å². The number of halogens is 2. The number of nitrogens with one attached hydrogen (secondary N) is 1. The highest BCUT2D eigenvalue weighted by Crippen LogP contribution is 2.20. The lowest BCUT2D eigenvalue weighted by atomic mass is 10.2. The fourth-order valence-corrected chi connectivity index (χ4v) is 3.56. The molecule has 0 atom stereocenters. The van der Waals surface area contributed by atoms with E-state index in [1.807, 2.05) is 0 Å². The van der Waals surface area contributed by atoms with E-state index >= 15 is 0 Å². The molecule has 1 heterocycles. The summed E-state index contributed by atoms with van der Waals surface area (Å²) < 4.78 is 24.9. The van der Waals surface area contributed by atoms with Gasteiger partial charge in [0.1, 0.15) is 4.90 Å². The van der Waals surface area contributed by atoms with Crippen molar-refractivity contribution in [3.63, 3.8) is 0 Å². The average Bonchev–Trinajstić information content (AvgIpc) is 2.53. The summed E-state index contributed by atoms with van der Waals surface area (Å²) in [6.07, 6.45) is 1.41. The Bertz CT molecular complexity index is 1100. The number of hydrogen-bond acceptors (Lipinski definition) is 3. The zero-order valence-corrected chi connectivity index (χ0v) is 14.5. The summed E-state index contributed by atoms with van der Waals surface area (Å²) in [7, 11) is -3.89. The summed E-state index contributed by atoms with van der Waals surface area (Å²) in [5.41, 5.74) is 0.450. The van der Waals surface area contributed by atoms with Gasteiger partial charge in [-0.3, -0.25) is 4.79 Å². The Hall–Kier alpha value is -2.08. The molecule has 0 fully saturated rings. The Morgan fingerprint density at radius 1 is 0.917 bits per heavy atom. The summed E-state index contributed by atoms with van der Waals surface area (Å²) in [5, 5.41) is 2.59. The van der Waals surface area contributed by atoms with Crippen molar-refractivity contribution in [1.29, 1.82) is 0 Å². The molecule has 7 heteroatoms. The van der Waals surface area contributed by atoms with Gasteiger partial charge in [-0.2, -0.15) is 0 Å². The van der Waals surface area contributed by atoms with E-state index in [4.69, 9.17) is 23.2 Å².